The maximum atomic E-state index is 11.3. The first-order valence-corrected chi connectivity index (χ1v) is 7.96. The van der Waals surface area contributed by atoms with Gasteiger partial charge < -0.3 is 10.0 Å². The lowest BCUT2D eigenvalue weighted by molar-refractivity contribution is -0.384. The average Bonchev–Trinajstić information content (AvgIpc) is 2.72. The van der Waals surface area contributed by atoms with E-state index in [1.54, 1.807) is 12.1 Å². The summed E-state index contributed by atoms with van der Waals surface area (Å²) in [6, 6.07) is 4.89. The van der Waals surface area contributed by atoms with Gasteiger partial charge in [0.25, 0.3) is 5.69 Å². The maximum Gasteiger partial charge on any atom is 0.292 e. The first-order chi connectivity index (χ1) is 10.3. The van der Waals surface area contributed by atoms with Gasteiger partial charge in [-0.3, -0.25) is 10.1 Å². The highest BCUT2D eigenvalue weighted by Crippen LogP contribution is 2.37. The summed E-state index contributed by atoms with van der Waals surface area (Å²) in [7, 11) is 0. The van der Waals surface area contributed by atoms with Crippen molar-refractivity contribution in [2.24, 2.45) is 11.3 Å². The molecule has 0 amide bonds. The highest BCUT2D eigenvalue weighted by atomic mass is 16.6. The Morgan fingerprint density at radius 1 is 1.32 bits per heavy atom. The second-order valence-corrected chi connectivity index (χ2v) is 7.22. The van der Waals surface area contributed by atoms with Crippen LogP contribution in [0.25, 0.3) is 0 Å². The van der Waals surface area contributed by atoms with Crippen molar-refractivity contribution < 1.29 is 10.0 Å². The van der Waals surface area contributed by atoms with E-state index in [9.17, 15) is 15.2 Å². The lowest BCUT2D eigenvalue weighted by Crippen LogP contribution is -2.26. The van der Waals surface area contributed by atoms with Gasteiger partial charge in [-0.15, -0.1) is 0 Å². The molecule has 0 spiro atoms. The number of nitro benzene ring substituents is 1. The molecular weight excluding hydrogens is 280 g/mol. The van der Waals surface area contributed by atoms with Gasteiger partial charge in [0.15, 0.2) is 0 Å². The van der Waals surface area contributed by atoms with Gasteiger partial charge >= 0.3 is 0 Å². The van der Waals surface area contributed by atoms with Crippen molar-refractivity contribution in [2.75, 3.05) is 18.0 Å². The van der Waals surface area contributed by atoms with Crippen LogP contribution in [0.4, 0.5) is 11.4 Å². The third-order valence-corrected chi connectivity index (χ3v) is 4.71. The summed E-state index contributed by atoms with van der Waals surface area (Å²) in [6.07, 6.45) is 3.25. The quantitative estimate of drug-likeness (QED) is 0.682. The fraction of sp³-hybridized carbons (Fsp3) is 0.647. The summed E-state index contributed by atoms with van der Waals surface area (Å²) in [5, 5.41) is 20.6. The minimum atomic E-state index is -0.331. The fourth-order valence-electron chi connectivity index (χ4n) is 3.28. The molecular formula is C17H26N2O3. The van der Waals surface area contributed by atoms with E-state index in [4.69, 9.17) is 0 Å². The third-order valence-electron chi connectivity index (χ3n) is 4.71. The molecule has 0 saturated carbocycles. The molecule has 1 heterocycles. The molecule has 0 bridgehead atoms. The first kappa shape index (κ1) is 16.7. The zero-order valence-corrected chi connectivity index (χ0v) is 13.7. The topological polar surface area (TPSA) is 66.6 Å². The summed E-state index contributed by atoms with van der Waals surface area (Å²) in [4.78, 5) is 13.1. The zero-order valence-electron chi connectivity index (χ0n) is 13.7. The Kier molecular flexibility index (Phi) is 5.06. The van der Waals surface area contributed by atoms with Crippen LogP contribution in [0.3, 0.4) is 0 Å². The Bertz CT molecular complexity index is 537. The Hall–Kier alpha value is -1.62. The highest BCUT2D eigenvalue weighted by molar-refractivity contribution is 5.64. The maximum absolute atomic E-state index is 11.3. The van der Waals surface area contributed by atoms with E-state index >= 15 is 0 Å². The van der Waals surface area contributed by atoms with E-state index in [-0.39, 0.29) is 22.6 Å². The molecule has 1 unspecified atom stereocenters. The van der Waals surface area contributed by atoms with Crippen LogP contribution < -0.4 is 4.90 Å². The SMILES string of the molecule is CC(C)(C)C1CCCN(c2cc(CO)ccc2[N+](=O)[O-])CC1. The molecule has 5 nitrogen and oxygen atoms in total. The number of benzene rings is 1. The molecule has 1 aromatic rings. The first-order valence-electron chi connectivity index (χ1n) is 7.96. The highest BCUT2D eigenvalue weighted by Gasteiger charge is 2.29. The molecule has 1 aliphatic rings. The Morgan fingerprint density at radius 3 is 2.64 bits per heavy atom. The number of nitro groups is 1. The van der Waals surface area contributed by atoms with Gasteiger partial charge in [-0.2, -0.15) is 0 Å². The smallest absolute Gasteiger partial charge is 0.292 e. The van der Waals surface area contributed by atoms with Crippen molar-refractivity contribution in [3.8, 4) is 0 Å². The Morgan fingerprint density at radius 2 is 2.05 bits per heavy atom. The predicted octanol–water partition coefficient (Wildman–Crippen LogP) is 3.74. The van der Waals surface area contributed by atoms with E-state index < -0.39 is 0 Å². The predicted molar refractivity (Wildman–Crippen MR) is 88.0 cm³/mol. The van der Waals surface area contributed by atoms with Crippen molar-refractivity contribution >= 4 is 11.4 Å². The third kappa shape index (κ3) is 3.77. The summed E-state index contributed by atoms with van der Waals surface area (Å²) < 4.78 is 0. The molecule has 2 rings (SSSR count). The van der Waals surface area contributed by atoms with Crippen LogP contribution >= 0.6 is 0 Å². The van der Waals surface area contributed by atoms with Crippen LogP contribution in [-0.2, 0) is 6.61 Å². The molecule has 1 fully saturated rings. The van der Waals surface area contributed by atoms with E-state index in [0.29, 0.717) is 11.6 Å². The van der Waals surface area contributed by atoms with Crippen LogP contribution in [-0.4, -0.2) is 23.1 Å². The van der Waals surface area contributed by atoms with E-state index in [1.807, 2.05) is 0 Å². The molecule has 5 heteroatoms. The van der Waals surface area contributed by atoms with Crippen LogP contribution in [0.2, 0.25) is 0 Å². The fourth-order valence-corrected chi connectivity index (χ4v) is 3.28. The normalized spacial score (nSPS) is 19.8. The summed E-state index contributed by atoms with van der Waals surface area (Å²) in [5.74, 6) is 0.637. The van der Waals surface area contributed by atoms with Gasteiger partial charge in [0.05, 0.1) is 11.5 Å². The lowest BCUT2D eigenvalue weighted by atomic mass is 9.77. The number of hydrogen-bond acceptors (Lipinski definition) is 4. The van der Waals surface area contributed by atoms with Gasteiger partial charge in [-0.05, 0) is 48.3 Å². The van der Waals surface area contributed by atoms with Crippen molar-refractivity contribution in [3.63, 3.8) is 0 Å². The van der Waals surface area contributed by atoms with Crippen molar-refractivity contribution in [1.82, 2.24) is 0 Å². The second-order valence-electron chi connectivity index (χ2n) is 7.22. The average molecular weight is 306 g/mol. The summed E-state index contributed by atoms with van der Waals surface area (Å²) in [6.45, 7) is 8.37. The van der Waals surface area contributed by atoms with E-state index in [1.165, 1.54) is 6.07 Å². The summed E-state index contributed by atoms with van der Waals surface area (Å²) in [5.41, 5.74) is 1.77. The molecule has 122 valence electrons. The standard InChI is InChI=1S/C17H26N2O3/c1-17(2,3)14-5-4-9-18(10-8-14)16-11-13(12-20)6-7-15(16)19(21)22/h6-7,11,14,20H,4-5,8-10,12H2,1-3H3. The van der Waals surface area contributed by atoms with Crippen LogP contribution in [0.15, 0.2) is 18.2 Å². The minimum absolute atomic E-state index is 0.0938. The van der Waals surface area contributed by atoms with E-state index in [2.05, 4.69) is 25.7 Å². The number of anilines is 1. The van der Waals surface area contributed by atoms with Crippen molar-refractivity contribution in [1.29, 1.82) is 0 Å². The number of aliphatic hydroxyl groups excluding tert-OH is 1. The molecule has 1 aromatic carbocycles. The van der Waals surface area contributed by atoms with Gasteiger partial charge in [-0.25, -0.2) is 0 Å². The molecule has 1 saturated heterocycles. The molecule has 0 radical (unpaired) electrons. The molecule has 1 N–H and O–H groups in total. The van der Waals surface area contributed by atoms with Gasteiger partial charge in [0.1, 0.15) is 5.69 Å². The van der Waals surface area contributed by atoms with Crippen LogP contribution in [0.5, 0.6) is 0 Å². The van der Waals surface area contributed by atoms with E-state index in [0.717, 1.165) is 37.9 Å². The monoisotopic (exact) mass is 306 g/mol. The molecule has 0 aliphatic carbocycles. The number of aliphatic hydroxyl groups is 1. The number of nitrogens with zero attached hydrogens (tertiary/aromatic N) is 2. The Balaban J connectivity index is 2.26. The molecule has 1 aliphatic heterocycles. The molecule has 0 aromatic heterocycles. The van der Waals surface area contributed by atoms with Gasteiger partial charge in [0.2, 0.25) is 0 Å². The van der Waals surface area contributed by atoms with Gasteiger partial charge in [0, 0.05) is 19.2 Å². The lowest BCUT2D eigenvalue weighted by Gasteiger charge is -2.30. The Labute approximate surface area is 132 Å². The van der Waals surface area contributed by atoms with Gasteiger partial charge in [-0.1, -0.05) is 20.8 Å². The number of rotatable bonds is 3. The largest absolute Gasteiger partial charge is 0.392 e. The van der Waals surface area contributed by atoms with Crippen molar-refractivity contribution in [3.05, 3.63) is 33.9 Å². The minimum Gasteiger partial charge on any atom is -0.392 e. The van der Waals surface area contributed by atoms with Crippen LogP contribution in [0.1, 0.15) is 45.6 Å². The second kappa shape index (κ2) is 6.65. The summed E-state index contributed by atoms with van der Waals surface area (Å²) >= 11 is 0. The van der Waals surface area contributed by atoms with Crippen molar-refractivity contribution in [2.45, 2.75) is 46.6 Å². The molecule has 22 heavy (non-hydrogen) atoms. The van der Waals surface area contributed by atoms with Crippen LogP contribution in [0, 0.1) is 21.4 Å². The zero-order chi connectivity index (χ0) is 16.3. The molecule has 1 atom stereocenters. The number of hydrogen-bond donors (Lipinski definition) is 1.